The molecule has 0 amide bonds. The molecule has 2 N–H and O–H groups in total. The average molecular weight is 209 g/mol. The zero-order valence-electron chi connectivity index (χ0n) is 7.25. The molecule has 0 aromatic carbocycles. The maximum Gasteiger partial charge on any atom is 0.415 e. The Balaban J connectivity index is 2.43. The zero-order chi connectivity index (χ0) is 10.6. The lowest BCUT2D eigenvalue weighted by atomic mass is 10.3. The van der Waals surface area contributed by atoms with Crippen molar-refractivity contribution >= 4 is 0 Å². The van der Waals surface area contributed by atoms with E-state index in [1.165, 1.54) is 12.3 Å². The molecular weight excluding hydrogens is 199 g/mol. The van der Waals surface area contributed by atoms with Gasteiger partial charge in [-0.1, -0.05) is 0 Å². The first-order valence-corrected chi connectivity index (χ1v) is 3.95. The topological polar surface area (TPSA) is 48.4 Å². The van der Waals surface area contributed by atoms with Crippen LogP contribution < -0.4 is 5.73 Å². The van der Waals surface area contributed by atoms with E-state index in [2.05, 4.69) is 4.74 Å². The highest BCUT2D eigenvalue weighted by atomic mass is 19.4. The van der Waals surface area contributed by atoms with Gasteiger partial charge in [0.1, 0.15) is 12.4 Å². The number of halogens is 3. The summed E-state index contributed by atoms with van der Waals surface area (Å²) in [5, 5.41) is 0. The Kier molecular flexibility index (Phi) is 3.54. The lowest BCUT2D eigenvalue weighted by Gasteiger charge is -2.18. The molecule has 0 saturated heterocycles. The maximum absolute atomic E-state index is 12.1. The molecule has 1 heterocycles. The molecule has 0 aliphatic rings. The van der Waals surface area contributed by atoms with Gasteiger partial charge in [-0.25, -0.2) is 0 Å². The van der Waals surface area contributed by atoms with Crippen LogP contribution in [0.3, 0.4) is 0 Å². The van der Waals surface area contributed by atoms with Gasteiger partial charge in [-0.05, 0) is 12.1 Å². The number of furan rings is 1. The SMILES string of the molecule is NCC(OCc1ccco1)C(F)(F)F. The van der Waals surface area contributed by atoms with Crippen molar-refractivity contribution < 1.29 is 22.3 Å². The van der Waals surface area contributed by atoms with Crippen LogP contribution in [0.4, 0.5) is 13.2 Å². The van der Waals surface area contributed by atoms with Crippen molar-refractivity contribution in [2.75, 3.05) is 6.54 Å². The minimum atomic E-state index is -4.43. The molecule has 1 aromatic heterocycles. The normalized spacial score (nSPS) is 14.3. The minimum absolute atomic E-state index is 0.228. The predicted octanol–water partition coefficient (Wildman–Crippen LogP) is 1.69. The third-order valence-electron chi connectivity index (χ3n) is 1.59. The smallest absolute Gasteiger partial charge is 0.415 e. The van der Waals surface area contributed by atoms with Crippen molar-refractivity contribution in [1.29, 1.82) is 0 Å². The molecular formula is C8H10F3NO2. The summed E-state index contributed by atoms with van der Waals surface area (Å²) in [7, 11) is 0. The summed E-state index contributed by atoms with van der Waals surface area (Å²) >= 11 is 0. The summed E-state index contributed by atoms with van der Waals surface area (Å²) in [5.41, 5.74) is 4.92. The Labute approximate surface area is 78.6 Å². The van der Waals surface area contributed by atoms with Crippen LogP contribution in [0.15, 0.2) is 22.8 Å². The van der Waals surface area contributed by atoms with Crippen LogP contribution in [0.5, 0.6) is 0 Å². The van der Waals surface area contributed by atoms with Crippen LogP contribution in [0.2, 0.25) is 0 Å². The van der Waals surface area contributed by atoms with Crippen LogP contribution >= 0.6 is 0 Å². The highest BCUT2D eigenvalue weighted by Gasteiger charge is 2.39. The molecule has 1 rings (SSSR count). The number of ether oxygens (including phenoxy) is 1. The van der Waals surface area contributed by atoms with Gasteiger partial charge in [-0.2, -0.15) is 13.2 Å². The monoisotopic (exact) mass is 209 g/mol. The average Bonchev–Trinajstić information content (AvgIpc) is 2.55. The van der Waals surface area contributed by atoms with Gasteiger partial charge >= 0.3 is 6.18 Å². The molecule has 0 radical (unpaired) electrons. The third kappa shape index (κ3) is 3.04. The van der Waals surface area contributed by atoms with Crippen LogP contribution in [-0.2, 0) is 11.3 Å². The number of nitrogens with two attached hydrogens (primary N) is 1. The summed E-state index contributed by atoms with van der Waals surface area (Å²) in [6.45, 7) is -0.821. The van der Waals surface area contributed by atoms with Crippen molar-refractivity contribution in [2.24, 2.45) is 5.73 Å². The van der Waals surface area contributed by atoms with Crippen molar-refractivity contribution in [3.8, 4) is 0 Å². The lowest BCUT2D eigenvalue weighted by molar-refractivity contribution is -0.221. The van der Waals surface area contributed by atoms with E-state index in [0.29, 0.717) is 5.76 Å². The van der Waals surface area contributed by atoms with Crippen LogP contribution in [-0.4, -0.2) is 18.8 Å². The van der Waals surface area contributed by atoms with Crippen molar-refractivity contribution in [3.05, 3.63) is 24.2 Å². The lowest BCUT2D eigenvalue weighted by Crippen LogP contribution is -2.38. The molecule has 1 unspecified atom stereocenters. The van der Waals surface area contributed by atoms with Gasteiger partial charge in [0, 0.05) is 6.54 Å². The van der Waals surface area contributed by atoms with E-state index in [-0.39, 0.29) is 6.61 Å². The number of hydrogen-bond donors (Lipinski definition) is 1. The minimum Gasteiger partial charge on any atom is -0.467 e. The van der Waals surface area contributed by atoms with Crippen molar-refractivity contribution in [1.82, 2.24) is 0 Å². The van der Waals surface area contributed by atoms with Crippen LogP contribution in [0, 0.1) is 0 Å². The fourth-order valence-corrected chi connectivity index (χ4v) is 0.874. The second kappa shape index (κ2) is 4.47. The van der Waals surface area contributed by atoms with E-state index >= 15 is 0 Å². The third-order valence-corrected chi connectivity index (χ3v) is 1.59. The Bertz CT molecular complexity index is 258. The van der Waals surface area contributed by atoms with Gasteiger partial charge in [-0.3, -0.25) is 0 Å². The Morgan fingerprint density at radius 2 is 2.21 bits per heavy atom. The van der Waals surface area contributed by atoms with Gasteiger partial charge in [0.2, 0.25) is 0 Å². The van der Waals surface area contributed by atoms with Gasteiger partial charge in [0.15, 0.2) is 6.10 Å². The zero-order valence-corrected chi connectivity index (χ0v) is 7.25. The Hall–Kier alpha value is -1.01. The van der Waals surface area contributed by atoms with E-state index in [1.54, 1.807) is 6.07 Å². The van der Waals surface area contributed by atoms with E-state index in [9.17, 15) is 13.2 Å². The van der Waals surface area contributed by atoms with E-state index < -0.39 is 18.8 Å². The summed E-state index contributed by atoms with van der Waals surface area (Å²) < 4.78 is 45.7. The fraction of sp³-hybridized carbons (Fsp3) is 0.500. The molecule has 0 spiro atoms. The van der Waals surface area contributed by atoms with E-state index in [4.69, 9.17) is 10.2 Å². The molecule has 0 fully saturated rings. The highest BCUT2D eigenvalue weighted by Crippen LogP contribution is 2.23. The predicted molar refractivity (Wildman–Crippen MR) is 42.4 cm³/mol. The summed E-state index contributed by atoms with van der Waals surface area (Å²) in [4.78, 5) is 0. The Morgan fingerprint density at radius 1 is 1.50 bits per heavy atom. The first-order valence-electron chi connectivity index (χ1n) is 3.95. The molecule has 1 aromatic rings. The molecule has 6 heteroatoms. The van der Waals surface area contributed by atoms with E-state index in [1.807, 2.05) is 0 Å². The van der Waals surface area contributed by atoms with Crippen molar-refractivity contribution in [3.63, 3.8) is 0 Å². The number of alkyl halides is 3. The first-order chi connectivity index (χ1) is 6.54. The van der Waals surface area contributed by atoms with E-state index in [0.717, 1.165) is 0 Å². The molecule has 1 atom stereocenters. The fourth-order valence-electron chi connectivity index (χ4n) is 0.874. The molecule has 14 heavy (non-hydrogen) atoms. The Morgan fingerprint density at radius 3 is 2.64 bits per heavy atom. The molecule has 0 aliphatic heterocycles. The van der Waals surface area contributed by atoms with Gasteiger partial charge in [0.05, 0.1) is 6.26 Å². The number of hydrogen-bond acceptors (Lipinski definition) is 3. The quantitative estimate of drug-likeness (QED) is 0.820. The van der Waals surface area contributed by atoms with Crippen molar-refractivity contribution in [2.45, 2.75) is 18.9 Å². The van der Waals surface area contributed by atoms with Crippen LogP contribution in [0.1, 0.15) is 5.76 Å². The maximum atomic E-state index is 12.1. The number of rotatable bonds is 4. The van der Waals surface area contributed by atoms with Gasteiger partial charge in [0.25, 0.3) is 0 Å². The standard InChI is InChI=1S/C8H10F3NO2/c9-8(10,11)7(4-12)14-5-6-2-1-3-13-6/h1-3,7H,4-5,12H2. The molecule has 0 bridgehead atoms. The molecule has 0 saturated carbocycles. The summed E-state index contributed by atoms with van der Waals surface area (Å²) in [6, 6.07) is 3.10. The second-order valence-electron chi connectivity index (χ2n) is 2.66. The van der Waals surface area contributed by atoms with Gasteiger partial charge in [-0.15, -0.1) is 0 Å². The summed E-state index contributed by atoms with van der Waals surface area (Å²) in [5.74, 6) is 0.340. The molecule has 80 valence electrons. The summed E-state index contributed by atoms with van der Waals surface area (Å²) in [6.07, 6.45) is -5.00. The second-order valence-corrected chi connectivity index (χ2v) is 2.66. The van der Waals surface area contributed by atoms with Crippen LogP contribution in [0.25, 0.3) is 0 Å². The first kappa shape index (κ1) is 11.1. The largest absolute Gasteiger partial charge is 0.467 e. The van der Waals surface area contributed by atoms with Gasteiger partial charge < -0.3 is 14.9 Å². The highest BCUT2D eigenvalue weighted by molar-refractivity contribution is 4.96. The molecule has 3 nitrogen and oxygen atoms in total. The molecule has 0 aliphatic carbocycles.